The van der Waals surface area contributed by atoms with Gasteiger partial charge in [0.2, 0.25) is 0 Å². The summed E-state index contributed by atoms with van der Waals surface area (Å²) in [5.74, 6) is 0. The molecule has 0 saturated carbocycles. The molecule has 0 aliphatic heterocycles. The van der Waals surface area contributed by atoms with Crippen molar-refractivity contribution in [3.05, 3.63) is 60.7 Å². The highest BCUT2D eigenvalue weighted by atomic mass is 32.7. The van der Waals surface area contributed by atoms with Gasteiger partial charge < -0.3 is 24.5 Å². The second kappa shape index (κ2) is 10.3. The van der Waals surface area contributed by atoms with Crippen LogP contribution in [0.3, 0.4) is 0 Å². The van der Waals surface area contributed by atoms with Gasteiger partial charge in [0.25, 0.3) is 0 Å². The largest absolute Gasteiger partial charge is 0.380 e. The molecule has 6 nitrogen and oxygen atoms in total. The molecule has 0 saturated heterocycles. The maximum Gasteiger partial charge on any atom is 0.380 e. The van der Waals surface area contributed by atoms with Crippen LogP contribution in [0.5, 0.6) is 0 Å². The number of hydrogen-bond acceptors (Lipinski definition) is 2. The second-order valence-electron chi connectivity index (χ2n) is 3.76. The van der Waals surface area contributed by atoms with Crippen molar-refractivity contribution in [1.82, 2.24) is 0 Å². The number of rotatable bonds is 1. The van der Waals surface area contributed by atoms with Gasteiger partial charge in [-0.2, -0.15) is 0 Å². The summed E-state index contributed by atoms with van der Waals surface area (Å²) in [6.45, 7) is -7.75. The van der Waals surface area contributed by atoms with Gasteiger partial charge in [0, 0.05) is 0 Å². The normalized spacial score (nSPS) is 10.6. The average Bonchev–Trinajstić information content (AvgIpc) is 2.37. The van der Waals surface area contributed by atoms with Crippen LogP contribution in [0, 0.1) is 0 Å². The van der Waals surface area contributed by atoms with Crippen molar-refractivity contribution < 1.29 is 29.0 Å². The van der Waals surface area contributed by atoms with Gasteiger partial charge in [-0.3, -0.25) is 0 Å². The molecule has 0 aliphatic carbocycles. The van der Waals surface area contributed by atoms with Crippen LogP contribution >= 0.6 is 25.8 Å². The molecule has 2 rings (SSSR count). The quantitative estimate of drug-likeness (QED) is 0.331. The van der Waals surface area contributed by atoms with Gasteiger partial charge in [0.1, 0.15) is 0 Å². The molecule has 0 amide bonds. The standard InChI is InChI=1S/C12H10.2H3O3PS/c1-3-7-11(8-4-1)12-9-5-2-6-10-12;2*1-4(2,3)5/h1-10H;2*(H3,1,2,3,5). The van der Waals surface area contributed by atoms with E-state index in [1.807, 2.05) is 12.1 Å². The Balaban J connectivity index is 0.000000372. The molecule has 22 heavy (non-hydrogen) atoms. The lowest BCUT2D eigenvalue weighted by molar-refractivity contribution is 0.363. The molecule has 10 heteroatoms. The highest BCUT2D eigenvalue weighted by molar-refractivity contribution is 8.43. The third-order valence-corrected chi connectivity index (χ3v) is 1.88. The van der Waals surface area contributed by atoms with E-state index in [9.17, 15) is 4.57 Å². The minimum absolute atomic E-state index is 1.28. The molecule has 0 atom stereocenters. The Bertz CT molecular complexity index is 553. The minimum Gasteiger partial charge on any atom is -0.325 e. The second-order valence-corrected chi connectivity index (χ2v) is 8.84. The van der Waals surface area contributed by atoms with Crippen LogP contribution < -0.4 is 0 Å². The summed E-state index contributed by atoms with van der Waals surface area (Å²) >= 11 is 6.39. The third kappa shape index (κ3) is 17.5. The first-order valence-electron chi connectivity index (χ1n) is 5.64. The molecule has 2 aromatic rings. The summed E-state index contributed by atoms with van der Waals surface area (Å²) in [4.78, 5) is 37.7. The van der Waals surface area contributed by atoms with Crippen LogP contribution in [0.2, 0.25) is 0 Å². The van der Waals surface area contributed by atoms with E-state index in [4.69, 9.17) is 24.5 Å². The Labute approximate surface area is 138 Å². The predicted molar refractivity (Wildman–Crippen MR) is 93.8 cm³/mol. The topological polar surface area (TPSA) is 118 Å². The summed E-state index contributed by atoms with van der Waals surface area (Å²) in [6.07, 6.45) is 0. The zero-order valence-electron chi connectivity index (χ0n) is 11.2. The van der Waals surface area contributed by atoms with E-state index in [2.05, 4.69) is 72.6 Å². The smallest absolute Gasteiger partial charge is 0.325 e. The Hall–Kier alpha value is -0.530. The van der Waals surface area contributed by atoms with E-state index in [0.29, 0.717) is 0 Å². The third-order valence-electron chi connectivity index (χ3n) is 1.88. The fourth-order valence-corrected chi connectivity index (χ4v) is 1.26. The van der Waals surface area contributed by atoms with E-state index < -0.39 is 13.5 Å². The highest BCUT2D eigenvalue weighted by Crippen LogP contribution is 2.39. The van der Waals surface area contributed by atoms with E-state index in [1.165, 1.54) is 11.1 Å². The zero-order chi connectivity index (χ0) is 17.2. The lowest BCUT2D eigenvalue weighted by atomic mass is 10.1. The van der Waals surface area contributed by atoms with Gasteiger partial charge in [0.15, 0.2) is 0 Å². The van der Waals surface area contributed by atoms with Crippen molar-refractivity contribution in [1.29, 1.82) is 0 Å². The summed E-state index contributed by atoms with van der Waals surface area (Å²) in [6, 6.07) is 20.8. The molecule has 0 fully saturated rings. The van der Waals surface area contributed by atoms with Crippen molar-refractivity contribution in [3.8, 4) is 11.1 Å². The molecule has 0 heterocycles. The van der Waals surface area contributed by atoms with Crippen molar-refractivity contribution in [2.45, 2.75) is 0 Å². The van der Waals surface area contributed by atoms with Crippen LogP contribution in [0.25, 0.3) is 11.1 Å². The molecule has 122 valence electrons. The zero-order valence-corrected chi connectivity index (χ0v) is 14.7. The minimum atomic E-state index is -3.94. The lowest BCUT2D eigenvalue weighted by Gasteiger charge is -1.98. The Morgan fingerprint density at radius 3 is 1.09 bits per heavy atom. The predicted octanol–water partition coefficient (Wildman–Crippen LogP) is 2.55. The maximum atomic E-state index is 9.19. The number of hydrogen-bond donors (Lipinski definition) is 6. The molecule has 0 spiro atoms. The molecular weight excluding hydrogens is 366 g/mol. The summed E-state index contributed by atoms with van der Waals surface area (Å²) < 4.78 is 9.19. The molecular formula is C12H16O6P2S2. The molecule has 5 N–H and O–H groups in total. The van der Waals surface area contributed by atoms with E-state index in [0.717, 1.165) is 0 Å². The maximum absolute atomic E-state index is 9.19. The number of benzene rings is 2. The van der Waals surface area contributed by atoms with Crippen LogP contribution in [0.15, 0.2) is 60.7 Å². The molecule has 0 radical (unpaired) electrons. The average molecular weight is 382 g/mol. The van der Waals surface area contributed by atoms with Gasteiger partial charge in [-0.1, -0.05) is 72.9 Å². The highest BCUT2D eigenvalue weighted by Gasteiger charge is 1.97. The summed E-state index contributed by atoms with van der Waals surface area (Å²) in [5.41, 5.74) is 2.55. The van der Waals surface area contributed by atoms with Crippen LogP contribution in [-0.4, -0.2) is 24.5 Å². The van der Waals surface area contributed by atoms with Crippen molar-refractivity contribution >= 4 is 37.6 Å². The van der Waals surface area contributed by atoms with Crippen molar-refractivity contribution in [3.63, 3.8) is 0 Å². The first kappa shape index (κ1) is 21.5. The summed E-state index contributed by atoms with van der Waals surface area (Å²) in [5, 5.41) is 0. The van der Waals surface area contributed by atoms with E-state index in [-0.39, 0.29) is 0 Å². The van der Waals surface area contributed by atoms with Gasteiger partial charge in [-0.05, 0) is 22.9 Å². The molecule has 0 bridgehead atoms. The molecule has 0 aromatic heterocycles. The molecule has 0 unspecified atom stereocenters. The van der Waals surface area contributed by atoms with Gasteiger partial charge in [0.05, 0.1) is 0 Å². The fourth-order valence-electron chi connectivity index (χ4n) is 1.26. The van der Waals surface area contributed by atoms with Gasteiger partial charge in [-0.15, -0.1) is 0 Å². The van der Waals surface area contributed by atoms with Gasteiger partial charge in [-0.25, -0.2) is 4.57 Å². The van der Waals surface area contributed by atoms with Crippen LogP contribution in [0.1, 0.15) is 0 Å². The Morgan fingerprint density at radius 1 is 0.727 bits per heavy atom. The van der Waals surface area contributed by atoms with Gasteiger partial charge >= 0.3 is 13.5 Å². The first-order chi connectivity index (χ1) is 9.97. The Kier molecular flexibility index (Phi) is 10.0. The lowest BCUT2D eigenvalue weighted by Crippen LogP contribution is -1.73. The SMILES string of the molecule is O=P(O)(O)S.OP(O)(O)=S.c1ccc(-c2ccccc2)cc1. The van der Waals surface area contributed by atoms with E-state index in [1.54, 1.807) is 0 Å². The van der Waals surface area contributed by atoms with E-state index >= 15 is 0 Å². The van der Waals surface area contributed by atoms with Crippen LogP contribution in [-0.2, 0) is 16.4 Å². The van der Waals surface area contributed by atoms with Crippen LogP contribution in [0.4, 0.5) is 0 Å². The van der Waals surface area contributed by atoms with Crippen molar-refractivity contribution in [2.24, 2.45) is 0 Å². The molecule has 0 aliphatic rings. The molecule has 2 aromatic carbocycles. The van der Waals surface area contributed by atoms with Crippen molar-refractivity contribution in [2.75, 3.05) is 0 Å². The Morgan fingerprint density at radius 2 is 0.909 bits per heavy atom. The number of thiol groups is 1. The fraction of sp³-hybridized carbons (Fsp3) is 0. The monoisotopic (exact) mass is 382 g/mol. The summed E-state index contributed by atoms with van der Waals surface area (Å²) in [7, 11) is 0. The first-order valence-corrected chi connectivity index (χ1v) is 11.1.